The number of pyridine rings is 1. The molecule has 9 heteroatoms. The molecular weight excluding hydrogens is 413 g/mol. The highest BCUT2D eigenvalue weighted by molar-refractivity contribution is 5.51. The first-order valence-electron chi connectivity index (χ1n) is 6.40. The largest absolute Gasteiger partial charge is 1.00 e. The van der Waals surface area contributed by atoms with Crippen molar-refractivity contribution in [1.82, 2.24) is 9.97 Å². The molecule has 23 heavy (non-hydrogen) atoms. The van der Waals surface area contributed by atoms with Gasteiger partial charge in [-0.05, 0) is 6.07 Å². The number of hydrogen-bond donors (Lipinski definition) is 3. The van der Waals surface area contributed by atoms with Crippen LogP contribution in [0.2, 0.25) is 0 Å². The van der Waals surface area contributed by atoms with Crippen LogP contribution in [-0.2, 0) is 7.05 Å². The van der Waals surface area contributed by atoms with Crippen molar-refractivity contribution in [3.8, 4) is 11.9 Å². The van der Waals surface area contributed by atoms with Crippen LogP contribution in [0.25, 0.3) is 0 Å². The van der Waals surface area contributed by atoms with Crippen LogP contribution in [0, 0.1) is 11.3 Å². The number of nitriles is 1. The third-order valence-corrected chi connectivity index (χ3v) is 3.41. The Morgan fingerprint density at radius 1 is 1.39 bits per heavy atom. The Balaban J connectivity index is 0.00000192. The summed E-state index contributed by atoms with van der Waals surface area (Å²) in [5, 5.41) is 9.37. The van der Waals surface area contributed by atoms with Gasteiger partial charge in [0.1, 0.15) is 18.7 Å². The van der Waals surface area contributed by atoms with E-state index in [1.807, 2.05) is 19.3 Å². The highest BCUT2D eigenvalue weighted by Crippen LogP contribution is 2.37. The molecule has 8 nitrogen and oxygen atoms in total. The number of aromatic nitrogens is 3. The van der Waals surface area contributed by atoms with Crippen molar-refractivity contribution in [1.29, 1.82) is 5.26 Å². The van der Waals surface area contributed by atoms with Gasteiger partial charge in [-0.1, -0.05) is 0 Å². The molecule has 0 radical (unpaired) electrons. The Hall–Kier alpha value is -2.61. The van der Waals surface area contributed by atoms with Gasteiger partial charge < -0.3 is 34.4 Å². The summed E-state index contributed by atoms with van der Waals surface area (Å²) in [5.74, 6) is -0.878. The second-order valence-corrected chi connectivity index (χ2v) is 4.88. The summed E-state index contributed by atoms with van der Waals surface area (Å²) in [6.45, 7) is 0. The van der Waals surface area contributed by atoms with E-state index in [1.54, 1.807) is 22.9 Å². The molecule has 3 heterocycles. The van der Waals surface area contributed by atoms with Gasteiger partial charge in [0.25, 0.3) is 5.56 Å². The molecule has 0 aliphatic carbocycles. The third-order valence-electron chi connectivity index (χ3n) is 3.41. The minimum Gasteiger partial charge on any atom is -1.00 e. The Bertz CT molecular complexity index is 954. The topological polar surface area (TPSA) is 129 Å². The lowest BCUT2D eigenvalue weighted by Gasteiger charge is -2.23. The fourth-order valence-corrected chi connectivity index (χ4v) is 2.50. The van der Waals surface area contributed by atoms with Crippen molar-refractivity contribution in [2.45, 2.75) is 5.92 Å². The summed E-state index contributed by atoms with van der Waals surface area (Å²) < 4.78 is 7.02. The number of nitrogens with zero attached hydrogens (tertiary/aromatic N) is 2. The zero-order chi connectivity index (χ0) is 15.9. The summed E-state index contributed by atoms with van der Waals surface area (Å²) in [4.78, 5) is 28.1. The van der Waals surface area contributed by atoms with E-state index < -0.39 is 17.2 Å². The summed E-state index contributed by atoms with van der Waals surface area (Å²) in [6, 6.07) is 5.54. The maximum Gasteiger partial charge on any atom is 0.328 e. The molecule has 0 bridgehead atoms. The summed E-state index contributed by atoms with van der Waals surface area (Å²) in [7, 11) is 1.82. The number of nitrogens with one attached hydrogen (secondary N) is 2. The van der Waals surface area contributed by atoms with Crippen molar-refractivity contribution in [3.05, 3.63) is 67.9 Å². The van der Waals surface area contributed by atoms with E-state index >= 15 is 0 Å². The minimum absolute atomic E-state index is 0. The number of aromatic amines is 2. The zero-order valence-electron chi connectivity index (χ0n) is 12.0. The van der Waals surface area contributed by atoms with Crippen LogP contribution in [0.5, 0.6) is 5.88 Å². The molecule has 0 saturated heterocycles. The first-order valence-corrected chi connectivity index (χ1v) is 6.40. The van der Waals surface area contributed by atoms with Gasteiger partial charge in [0.2, 0.25) is 11.8 Å². The second-order valence-electron chi connectivity index (χ2n) is 4.88. The van der Waals surface area contributed by atoms with Gasteiger partial charge in [-0.2, -0.15) is 5.26 Å². The van der Waals surface area contributed by atoms with Gasteiger partial charge in [-0.25, -0.2) is 9.36 Å². The van der Waals surface area contributed by atoms with Gasteiger partial charge in [-0.3, -0.25) is 14.8 Å². The smallest absolute Gasteiger partial charge is 0.328 e. The Kier molecular flexibility index (Phi) is 4.55. The van der Waals surface area contributed by atoms with Gasteiger partial charge in [0, 0.05) is 11.6 Å². The molecule has 1 aliphatic rings. The molecule has 0 amide bonds. The maximum atomic E-state index is 12.2. The number of ether oxygens (including phenoxy) is 1. The third kappa shape index (κ3) is 2.85. The fraction of sp³-hybridized carbons (Fsp3) is 0.143. The first-order chi connectivity index (χ1) is 10.5. The lowest BCUT2D eigenvalue weighted by atomic mass is 9.86. The molecular formula is C14H12IN5O3. The molecule has 3 rings (SSSR count). The molecule has 0 fully saturated rings. The standard InChI is InChI=1S/C14H11N5O3.HI/c1-19-4-2-3-7(6-19)9-8(5-15)11(16)22-13-10(9)12(20)17-14(21)18-13;/h2-4,6,9H,16H2,1H3,(H-,17,18,20,21);1H. The van der Waals surface area contributed by atoms with Crippen LogP contribution < -0.4 is 50.3 Å². The van der Waals surface area contributed by atoms with Crippen LogP contribution in [0.3, 0.4) is 0 Å². The molecule has 0 spiro atoms. The molecule has 1 atom stereocenters. The molecule has 1 aliphatic heterocycles. The van der Waals surface area contributed by atoms with E-state index in [2.05, 4.69) is 9.97 Å². The molecule has 4 N–H and O–H groups in total. The number of aryl methyl sites for hydroxylation is 1. The van der Waals surface area contributed by atoms with Crippen LogP contribution in [0.15, 0.2) is 45.6 Å². The number of halogens is 1. The Labute approximate surface area is 147 Å². The SMILES string of the molecule is C[n+]1cccc(C2C(C#N)=C(N)Oc3[nH]c(=O)[nH]c(=O)c32)c1.[I-]. The van der Waals surface area contributed by atoms with E-state index in [-0.39, 0.29) is 46.9 Å². The minimum atomic E-state index is -0.707. The molecule has 118 valence electrons. The molecule has 1 unspecified atom stereocenters. The molecule has 0 saturated carbocycles. The predicted octanol–water partition coefficient (Wildman–Crippen LogP) is -3.89. The number of hydrogen-bond acceptors (Lipinski definition) is 5. The van der Waals surface area contributed by atoms with Gasteiger partial charge >= 0.3 is 5.69 Å². The first kappa shape index (κ1) is 16.8. The van der Waals surface area contributed by atoms with Crippen molar-refractivity contribution < 1.29 is 33.3 Å². The molecule has 0 aromatic carbocycles. The van der Waals surface area contributed by atoms with Crippen LogP contribution in [-0.4, -0.2) is 9.97 Å². The second kappa shape index (κ2) is 6.25. The molecule has 2 aromatic rings. The van der Waals surface area contributed by atoms with E-state index in [0.717, 1.165) is 0 Å². The average molecular weight is 425 g/mol. The fourth-order valence-electron chi connectivity index (χ4n) is 2.50. The van der Waals surface area contributed by atoms with E-state index in [9.17, 15) is 14.9 Å². The summed E-state index contributed by atoms with van der Waals surface area (Å²) in [5.41, 5.74) is 5.41. The quantitative estimate of drug-likeness (QED) is 0.318. The van der Waals surface area contributed by atoms with Crippen LogP contribution >= 0.6 is 0 Å². The zero-order valence-corrected chi connectivity index (χ0v) is 14.1. The number of nitrogens with two attached hydrogens (primary N) is 1. The van der Waals surface area contributed by atoms with Gasteiger partial charge in [-0.15, -0.1) is 0 Å². The van der Waals surface area contributed by atoms with Crippen LogP contribution in [0.4, 0.5) is 0 Å². The van der Waals surface area contributed by atoms with E-state index in [4.69, 9.17) is 10.5 Å². The predicted molar refractivity (Wildman–Crippen MR) is 74.6 cm³/mol. The normalized spacial score (nSPS) is 15.9. The van der Waals surface area contributed by atoms with Crippen molar-refractivity contribution in [2.75, 3.05) is 0 Å². The number of H-pyrrole nitrogens is 2. The van der Waals surface area contributed by atoms with Gasteiger partial charge in [0.05, 0.1) is 11.5 Å². The van der Waals surface area contributed by atoms with Crippen LogP contribution in [0.1, 0.15) is 17.0 Å². The van der Waals surface area contributed by atoms with E-state index in [1.165, 1.54) is 0 Å². The number of allylic oxidation sites excluding steroid dienone is 1. The van der Waals surface area contributed by atoms with Crippen molar-refractivity contribution in [2.24, 2.45) is 12.8 Å². The highest BCUT2D eigenvalue weighted by atomic mass is 127. The van der Waals surface area contributed by atoms with E-state index in [0.29, 0.717) is 5.56 Å². The summed E-state index contributed by atoms with van der Waals surface area (Å²) >= 11 is 0. The summed E-state index contributed by atoms with van der Waals surface area (Å²) in [6.07, 6.45) is 3.59. The highest BCUT2D eigenvalue weighted by Gasteiger charge is 2.35. The maximum absolute atomic E-state index is 12.2. The number of rotatable bonds is 1. The monoisotopic (exact) mass is 425 g/mol. The average Bonchev–Trinajstić information content (AvgIpc) is 2.45. The van der Waals surface area contributed by atoms with Gasteiger partial charge in [0.15, 0.2) is 12.4 Å². The lowest BCUT2D eigenvalue weighted by molar-refractivity contribution is -0.671. The van der Waals surface area contributed by atoms with Crippen molar-refractivity contribution >= 4 is 0 Å². The molecule has 2 aromatic heterocycles. The Morgan fingerprint density at radius 2 is 2.13 bits per heavy atom. The Morgan fingerprint density at radius 3 is 2.78 bits per heavy atom. The lowest BCUT2D eigenvalue weighted by Crippen LogP contribution is -3.00. The number of fused-ring (bicyclic) bond motifs is 1. The van der Waals surface area contributed by atoms with Crippen molar-refractivity contribution in [3.63, 3.8) is 0 Å².